The monoisotopic (exact) mass is 630 g/mol. The molecule has 2 aromatic carbocycles. The fraction of sp³-hybridized carbons (Fsp3) is 0.370. The van der Waals surface area contributed by atoms with Gasteiger partial charge in [0.15, 0.2) is 17.0 Å². The molecule has 3 aromatic heterocycles. The van der Waals surface area contributed by atoms with Gasteiger partial charge in [-0.2, -0.15) is 21.9 Å². The van der Waals surface area contributed by atoms with E-state index in [1.54, 1.807) is 13.8 Å². The lowest BCUT2D eigenvalue weighted by Crippen LogP contribution is -2.40. The van der Waals surface area contributed by atoms with Crippen molar-refractivity contribution in [3.05, 3.63) is 69.8 Å². The summed E-state index contributed by atoms with van der Waals surface area (Å²) in [7, 11) is -7.74. The normalized spacial score (nSPS) is 15.5. The van der Waals surface area contributed by atoms with E-state index >= 15 is 0 Å². The van der Waals surface area contributed by atoms with E-state index in [1.807, 2.05) is 7.05 Å². The molecule has 1 aliphatic rings. The van der Waals surface area contributed by atoms with Crippen LogP contribution in [0.25, 0.3) is 22.2 Å². The zero-order chi connectivity index (χ0) is 30.7. The maximum absolute atomic E-state index is 14.4. The van der Waals surface area contributed by atoms with E-state index in [-0.39, 0.29) is 23.0 Å². The van der Waals surface area contributed by atoms with Crippen LogP contribution in [0.3, 0.4) is 0 Å². The molecule has 1 fully saturated rings. The number of oxazole rings is 2. The van der Waals surface area contributed by atoms with Gasteiger partial charge in [-0.15, -0.1) is 3.71 Å². The number of rotatable bonds is 8. The predicted octanol–water partition coefficient (Wildman–Crippen LogP) is 2.59. The molecule has 6 rings (SSSR count). The van der Waals surface area contributed by atoms with Gasteiger partial charge in [-0.25, -0.2) is 14.3 Å². The van der Waals surface area contributed by atoms with Crippen molar-refractivity contribution in [3.8, 4) is 0 Å². The zero-order valence-corrected chi connectivity index (χ0v) is 25.3. The lowest BCUT2D eigenvalue weighted by molar-refractivity contribution is 0.213. The average molecular weight is 631 g/mol. The highest BCUT2D eigenvalue weighted by Crippen LogP contribution is 2.35. The van der Waals surface area contributed by atoms with Crippen LogP contribution in [0, 0.1) is 0 Å². The Hall–Kier alpha value is -4.15. The molecule has 1 aliphatic heterocycles. The quantitative estimate of drug-likeness (QED) is 0.249. The number of nitrogens with zero attached hydrogens (tertiary/aromatic N) is 6. The average Bonchev–Trinajstić information content (AvgIpc) is 3.66. The van der Waals surface area contributed by atoms with Crippen LogP contribution in [-0.4, -0.2) is 60.8 Å². The highest BCUT2D eigenvalue weighted by Gasteiger charge is 2.41. The van der Waals surface area contributed by atoms with Crippen molar-refractivity contribution in [2.75, 3.05) is 23.8 Å². The second kappa shape index (κ2) is 10.5. The van der Waals surface area contributed by atoms with Crippen LogP contribution in [0.15, 0.2) is 76.9 Å². The van der Waals surface area contributed by atoms with E-state index in [4.69, 9.17) is 8.83 Å². The number of anilines is 1. The number of likely N-dealkylation sites (tertiary alicyclic amines) is 1. The summed E-state index contributed by atoms with van der Waals surface area (Å²) in [4.78, 5) is 25.9. The first-order chi connectivity index (χ1) is 20.5. The van der Waals surface area contributed by atoms with Crippen LogP contribution < -0.4 is 15.2 Å². The first kappa shape index (κ1) is 28.9. The van der Waals surface area contributed by atoms with Crippen molar-refractivity contribution in [1.29, 1.82) is 0 Å². The minimum absolute atomic E-state index is 0.00167. The molecule has 14 nitrogen and oxygen atoms in total. The molecule has 5 aromatic rings. The summed E-state index contributed by atoms with van der Waals surface area (Å²) >= 11 is 0. The third kappa shape index (κ3) is 4.69. The third-order valence-electron chi connectivity index (χ3n) is 7.81. The van der Waals surface area contributed by atoms with Crippen molar-refractivity contribution in [2.45, 2.75) is 55.6 Å². The van der Waals surface area contributed by atoms with Gasteiger partial charge in [0.2, 0.25) is 0 Å². The number of aromatic nitrogens is 4. The maximum Gasteiger partial charge on any atom is 0.419 e. The van der Waals surface area contributed by atoms with Gasteiger partial charge >= 0.3 is 11.5 Å². The highest BCUT2D eigenvalue weighted by molar-refractivity contribution is 8.10. The molecule has 1 saturated heterocycles. The third-order valence-corrected chi connectivity index (χ3v) is 11.9. The number of sulfonamides is 2. The molecular formula is C27H30N6O8S2. The van der Waals surface area contributed by atoms with Crippen molar-refractivity contribution in [2.24, 2.45) is 0 Å². The second-order valence-electron chi connectivity index (χ2n) is 10.4. The van der Waals surface area contributed by atoms with E-state index in [1.165, 1.54) is 50.3 Å². The molecule has 43 heavy (non-hydrogen) atoms. The summed E-state index contributed by atoms with van der Waals surface area (Å²) < 4.78 is 72.6. The number of aryl methyl sites for hydroxylation is 2. The minimum Gasteiger partial charge on any atom is -0.408 e. The Labute approximate surface area is 246 Å². The Balaban J connectivity index is 1.55. The summed E-state index contributed by atoms with van der Waals surface area (Å²) in [6.45, 7) is 5.52. The highest BCUT2D eigenvalue weighted by atomic mass is 32.3. The van der Waals surface area contributed by atoms with Gasteiger partial charge in [0.05, 0.1) is 33.1 Å². The van der Waals surface area contributed by atoms with Gasteiger partial charge < -0.3 is 13.7 Å². The molecule has 0 saturated carbocycles. The number of fused-ring (bicyclic) bond motifs is 2. The largest absolute Gasteiger partial charge is 0.419 e. The van der Waals surface area contributed by atoms with Gasteiger partial charge in [-0.3, -0.25) is 9.13 Å². The molecule has 0 atom stereocenters. The molecule has 16 heteroatoms. The van der Waals surface area contributed by atoms with E-state index in [0.29, 0.717) is 40.7 Å². The van der Waals surface area contributed by atoms with E-state index in [9.17, 15) is 26.4 Å². The Bertz CT molecular complexity index is 2050. The SMILES string of the molecule is CCn1c(=O)oc2cc(S(=O)(=O)N(c3ccnn3C3CCN(C)CC3)S(=O)(=O)c3ccc4c(c3)oc(=O)n4CC)ccc21. The lowest BCUT2D eigenvalue weighted by Gasteiger charge is -2.32. The predicted molar refractivity (Wildman–Crippen MR) is 157 cm³/mol. The maximum atomic E-state index is 14.4. The molecular weight excluding hydrogens is 600 g/mol. The van der Waals surface area contributed by atoms with E-state index in [2.05, 4.69) is 10.00 Å². The smallest absolute Gasteiger partial charge is 0.408 e. The number of benzene rings is 2. The molecule has 0 radical (unpaired) electrons. The Morgan fingerprint density at radius 2 is 1.30 bits per heavy atom. The van der Waals surface area contributed by atoms with Crippen molar-refractivity contribution >= 4 is 48.1 Å². The molecule has 0 amide bonds. The topological polar surface area (TPSA) is 163 Å². The van der Waals surface area contributed by atoms with E-state index < -0.39 is 41.3 Å². The van der Waals surface area contributed by atoms with Crippen LogP contribution in [0.5, 0.6) is 0 Å². The van der Waals surface area contributed by atoms with Crippen LogP contribution in [0.2, 0.25) is 0 Å². The summed E-state index contributed by atoms with van der Waals surface area (Å²) in [5.41, 5.74) is 0.743. The van der Waals surface area contributed by atoms with Crippen molar-refractivity contribution in [3.63, 3.8) is 0 Å². The Kier molecular flexibility index (Phi) is 7.09. The minimum atomic E-state index is -4.86. The summed E-state index contributed by atoms with van der Waals surface area (Å²) in [5.74, 6) is -1.49. The first-order valence-electron chi connectivity index (χ1n) is 13.8. The summed E-state index contributed by atoms with van der Waals surface area (Å²) in [5, 5.41) is 4.35. The fourth-order valence-corrected chi connectivity index (χ4v) is 9.26. The van der Waals surface area contributed by atoms with Gasteiger partial charge in [0.1, 0.15) is 0 Å². The fourth-order valence-electron chi connectivity index (χ4n) is 5.55. The molecule has 0 unspecified atom stereocenters. The molecule has 4 heterocycles. The van der Waals surface area contributed by atoms with Gasteiger partial charge in [-0.05, 0) is 71.1 Å². The Morgan fingerprint density at radius 3 is 1.77 bits per heavy atom. The van der Waals surface area contributed by atoms with Gasteiger partial charge in [-0.1, -0.05) is 0 Å². The van der Waals surface area contributed by atoms with E-state index in [0.717, 1.165) is 25.2 Å². The first-order valence-corrected chi connectivity index (χ1v) is 16.6. The van der Waals surface area contributed by atoms with Gasteiger partial charge in [0, 0.05) is 31.3 Å². The van der Waals surface area contributed by atoms with Crippen LogP contribution in [0.1, 0.15) is 32.7 Å². The van der Waals surface area contributed by atoms with Gasteiger partial charge in [0.25, 0.3) is 20.0 Å². The second-order valence-corrected chi connectivity index (χ2v) is 14.2. The van der Waals surface area contributed by atoms with Crippen molar-refractivity contribution in [1.82, 2.24) is 23.8 Å². The molecule has 228 valence electrons. The zero-order valence-electron chi connectivity index (χ0n) is 23.7. The van der Waals surface area contributed by atoms with Crippen LogP contribution >= 0.6 is 0 Å². The molecule has 0 N–H and O–H groups in total. The number of hydrogen-bond donors (Lipinski definition) is 0. The summed E-state index contributed by atoms with van der Waals surface area (Å²) in [6, 6.07) is 8.65. The van der Waals surface area contributed by atoms with Crippen LogP contribution in [0.4, 0.5) is 5.82 Å². The number of hydrogen-bond acceptors (Lipinski definition) is 10. The van der Waals surface area contributed by atoms with Crippen molar-refractivity contribution < 1.29 is 25.7 Å². The molecule has 0 spiro atoms. The summed E-state index contributed by atoms with van der Waals surface area (Å²) in [6.07, 6.45) is 2.61. The standard InChI is InChI=1S/C27H30N6O8S2/c1-4-30-21-8-6-19(16-23(21)40-26(30)34)42(36,37)33(25-10-13-28-32(25)18-11-14-29(3)15-12-18)43(38,39)20-7-9-22-24(17-20)41-27(35)31(22)5-2/h6-10,13,16-18H,4-5,11-12,14-15H2,1-3H3. The lowest BCUT2D eigenvalue weighted by atomic mass is 10.1. The number of piperidine rings is 1. The molecule has 0 bridgehead atoms. The molecule has 0 aliphatic carbocycles. The van der Waals surface area contributed by atoms with Crippen LogP contribution in [-0.2, 0) is 33.1 Å². The Morgan fingerprint density at radius 1 is 0.814 bits per heavy atom.